The van der Waals surface area contributed by atoms with Crippen molar-refractivity contribution in [2.45, 2.75) is 46.0 Å². The zero-order valence-corrected chi connectivity index (χ0v) is 16.1. The molecule has 0 spiro atoms. The lowest BCUT2D eigenvalue weighted by atomic mass is 10.0. The number of carbonyl (C=O) groups is 1. The molecule has 0 aliphatic heterocycles. The van der Waals surface area contributed by atoms with Crippen molar-refractivity contribution in [3.8, 4) is 0 Å². The summed E-state index contributed by atoms with van der Waals surface area (Å²) in [6, 6.07) is 7.61. The van der Waals surface area contributed by atoms with Crippen LogP contribution in [0.2, 0.25) is 0 Å². The maximum atomic E-state index is 10.8. The highest BCUT2D eigenvalue weighted by Gasteiger charge is 2.11. The van der Waals surface area contributed by atoms with E-state index in [1.807, 2.05) is 31.2 Å². The van der Waals surface area contributed by atoms with Crippen LogP contribution in [-0.2, 0) is 17.6 Å². The summed E-state index contributed by atoms with van der Waals surface area (Å²) in [6.45, 7) is 4.96. The molecule has 0 unspecified atom stereocenters. The highest BCUT2D eigenvalue weighted by atomic mass is 35.5. The van der Waals surface area contributed by atoms with Crippen molar-refractivity contribution >= 4 is 30.1 Å². The van der Waals surface area contributed by atoms with Gasteiger partial charge in [0.2, 0.25) is 5.95 Å². The molecule has 0 aliphatic carbocycles. The van der Waals surface area contributed by atoms with E-state index < -0.39 is 5.97 Å². The third-order valence-electron chi connectivity index (χ3n) is 4.06. The summed E-state index contributed by atoms with van der Waals surface area (Å²) < 4.78 is 0. The van der Waals surface area contributed by atoms with Crippen LogP contribution in [0.5, 0.6) is 0 Å². The Bertz CT molecular complexity index is 720. The smallest absolute Gasteiger partial charge is 0.307 e. The van der Waals surface area contributed by atoms with Gasteiger partial charge in [0.25, 0.3) is 0 Å². The van der Waals surface area contributed by atoms with Crippen molar-refractivity contribution in [1.29, 1.82) is 0 Å². The number of unbranched alkanes of at least 4 members (excludes halogenated alkanes) is 2. The molecule has 0 amide bonds. The molecule has 0 saturated heterocycles. The SMILES string of the molecule is CCCCCNc1nc(N)nc(C)c1Cc1ccc(CC(=O)O)cc1.Cl. The maximum absolute atomic E-state index is 10.8. The van der Waals surface area contributed by atoms with E-state index >= 15 is 0 Å². The number of aliphatic carboxylic acids is 1. The molecule has 0 aliphatic rings. The number of carboxylic acid groups (broad SMARTS) is 1. The summed E-state index contributed by atoms with van der Waals surface area (Å²) in [4.78, 5) is 19.4. The Kier molecular flexibility index (Phi) is 8.85. The molecule has 4 N–H and O–H groups in total. The van der Waals surface area contributed by atoms with Crippen LogP contribution in [0.1, 0.15) is 48.6 Å². The van der Waals surface area contributed by atoms with E-state index in [1.54, 1.807) is 0 Å². The number of anilines is 2. The van der Waals surface area contributed by atoms with E-state index in [4.69, 9.17) is 10.8 Å². The monoisotopic (exact) mass is 378 g/mol. The van der Waals surface area contributed by atoms with Crippen LogP contribution in [0, 0.1) is 6.92 Å². The van der Waals surface area contributed by atoms with Crippen LogP contribution in [0.4, 0.5) is 11.8 Å². The van der Waals surface area contributed by atoms with Gasteiger partial charge in [-0.1, -0.05) is 44.0 Å². The molecule has 2 aromatic rings. The van der Waals surface area contributed by atoms with E-state index in [0.29, 0.717) is 6.42 Å². The molecule has 6 nitrogen and oxygen atoms in total. The Morgan fingerprint density at radius 3 is 2.42 bits per heavy atom. The second-order valence-electron chi connectivity index (χ2n) is 6.19. The first-order valence-corrected chi connectivity index (χ1v) is 8.66. The van der Waals surface area contributed by atoms with Crippen molar-refractivity contribution in [3.05, 3.63) is 46.6 Å². The lowest BCUT2D eigenvalue weighted by Crippen LogP contribution is -2.11. The lowest BCUT2D eigenvalue weighted by molar-refractivity contribution is -0.136. The van der Waals surface area contributed by atoms with E-state index in [9.17, 15) is 4.79 Å². The third-order valence-corrected chi connectivity index (χ3v) is 4.06. The molecular weight excluding hydrogens is 352 g/mol. The average molecular weight is 379 g/mol. The van der Waals surface area contributed by atoms with Crippen molar-refractivity contribution in [2.24, 2.45) is 0 Å². The number of aromatic nitrogens is 2. The Labute approximate surface area is 160 Å². The topological polar surface area (TPSA) is 101 Å². The van der Waals surface area contributed by atoms with Gasteiger partial charge in [-0.3, -0.25) is 4.79 Å². The van der Waals surface area contributed by atoms with Gasteiger partial charge in [0.05, 0.1) is 6.42 Å². The average Bonchev–Trinajstić information content (AvgIpc) is 2.55. The number of hydrogen-bond donors (Lipinski definition) is 3. The van der Waals surface area contributed by atoms with Gasteiger partial charge >= 0.3 is 5.97 Å². The van der Waals surface area contributed by atoms with Gasteiger partial charge in [-0.2, -0.15) is 4.98 Å². The van der Waals surface area contributed by atoms with E-state index in [1.165, 1.54) is 12.8 Å². The molecule has 0 saturated carbocycles. The quantitative estimate of drug-likeness (QED) is 0.576. The standard InChI is InChI=1S/C19H26N4O2.ClH/c1-3-4-5-10-21-18-16(13(2)22-19(20)23-18)11-14-6-8-15(9-7-14)12-17(24)25;/h6-9H,3-5,10-12H2,1-2H3,(H,24,25)(H3,20,21,22,23);1H. The Morgan fingerprint density at radius 2 is 1.81 bits per heavy atom. The van der Waals surface area contributed by atoms with Gasteiger partial charge < -0.3 is 16.2 Å². The number of nitrogen functional groups attached to an aromatic ring is 1. The summed E-state index contributed by atoms with van der Waals surface area (Å²) >= 11 is 0. The van der Waals surface area contributed by atoms with E-state index in [-0.39, 0.29) is 24.8 Å². The number of nitrogens with zero attached hydrogens (tertiary/aromatic N) is 2. The number of hydrogen-bond acceptors (Lipinski definition) is 5. The minimum atomic E-state index is -0.825. The minimum absolute atomic E-state index is 0. The van der Waals surface area contributed by atoms with Crippen LogP contribution in [0.3, 0.4) is 0 Å². The molecule has 0 radical (unpaired) electrons. The number of aryl methyl sites for hydroxylation is 1. The zero-order valence-electron chi connectivity index (χ0n) is 15.3. The highest BCUT2D eigenvalue weighted by Crippen LogP contribution is 2.22. The maximum Gasteiger partial charge on any atom is 0.307 e. The molecular formula is C19H27ClN4O2. The van der Waals surface area contributed by atoms with Gasteiger partial charge in [0.1, 0.15) is 5.82 Å². The lowest BCUT2D eigenvalue weighted by Gasteiger charge is -2.14. The van der Waals surface area contributed by atoms with Crippen molar-refractivity contribution in [2.75, 3.05) is 17.6 Å². The summed E-state index contributed by atoms with van der Waals surface area (Å²) in [5.41, 5.74) is 9.56. The molecule has 1 heterocycles. The number of rotatable bonds is 9. The van der Waals surface area contributed by atoms with Gasteiger partial charge in [-0.05, 0) is 24.5 Å². The fourth-order valence-electron chi connectivity index (χ4n) is 2.71. The summed E-state index contributed by atoms with van der Waals surface area (Å²) in [5.74, 6) is 0.237. The largest absolute Gasteiger partial charge is 0.481 e. The number of nitrogens with one attached hydrogen (secondary N) is 1. The zero-order chi connectivity index (χ0) is 18.2. The fraction of sp³-hybridized carbons (Fsp3) is 0.421. The third kappa shape index (κ3) is 6.52. The molecule has 0 bridgehead atoms. The van der Waals surface area contributed by atoms with Crippen LogP contribution in [0.25, 0.3) is 0 Å². The van der Waals surface area contributed by atoms with Gasteiger partial charge in [-0.15, -0.1) is 12.4 Å². The highest BCUT2D eigenvalue weighted by molar-refractivity contribution is 5.85. The normalized spacial score (nSPS) is 10.2. The van der Waals surface area contributed by atoms with Crippen molar-refractivity contribution < 1.29 is 9.90 Å². The molecule has 0 atom stereocenters. The molecule has 142 valence electrons. The molecule has 2 rings (SSSR count). The molecule has 7 heteroatoms. The van der Waals surface area contributed by atoms with E-state index in [2.05, 4.69) is 22.2 Å². The second-order valence-corrected chi connectivity index (χ2v) is 6.19. The first-order chi connectivity index (χ1) is 12.0. The van der Waals surface area contributed by atoms with Crippen molar-refractivity contribution in [3.63, 3.8) is 0 Å². The summed E-state index contributed by atoms with van der Waals surface area (Å²) in [7, 11) is 0. The minimum Gasteiger partial charge on any atom is -0.481 e. The second kappa shape index (κ2) is 10.6. The number of benzene rings is 1. The van der Waals surface area contributed by atoms with Crippen LogP contribution < -0.4 is 11.1 Å². The fourth-order valence-corrected chi connectivity index (χ4v) is 2.71. The Hall–Kier alpha value is -2.34. The van der Waals surface area contributed by atoms with Gasteiger partial charge in [0, 0.05) is 24.2 Å². The number of nitrogens with two attached hydrogens (primary N) is 1. The predicted molar refractivity (Wildman–Crippen MR) is 107 cm³/mol. The molecule has 26 heavy (non-hydrogen) atoms. The van der Waals surface area contributed by atoms with Crippen LogP contribution in [0.15, 0.2) is 24.3 Å². The molecule has 1 aromatic heterocycles. The first kappa shape index (κ1) is 21.7. The van der Waals surface area contributed by atoms with E-state index in [0.717, 1.165) is 41.2 Å². The molecule has 1 aromatic carbocycles. The predicted octanol–water partition coefficient (Wildman–Crippen LogP) is 3.61. The Balaban J connectivity index is 0.00000338. The van der Waals surface area contributed by atoms with Gasteiger partial charge in [-0.25, -0.2) is 4.98 Å². The van der Waals surface area contributed by atoms with Crippen LogP contribution >= 0.6 is 12.4 Å². The molecule has 0 fully saturated rings. The van der Waals surface area contributed by atoms with Crippen molar-refractivity contribution in [1.82, 2.24) is 9.97 Å². The number of halogens is 1. The number of carboxylic acids is 1. The van der Waals surface area contributed by atoms with Crippen LogP contribution in [-0.4, -0.2) is 27.6 Å². The first-order valence-electron chi connectivity index (χ1n) is 8.66. The summed E-state index contributed by atoms with van der Waals surface area (Å²) in [5, 5.41) is 12.2. The summed E-state index contributed by atoms with van der Waals surface area (Å²) in [6.07, 6.45) is 4.14. The Morgan fingerprint density at radius 1 is 1.15 bits per heavy atom. The van der Waals surface area contributed by atoms with Gasteiger partial charge in [0.15, 0.2) is 0 Å².